The Kier molecular flexibility index (Phi) is 5.33. The van der Waals surface area contributed by atoms with Crippen molar-refractivity contribution in [3.05, 3.63) is 69.8 Å². The molecule has 1 atom stereocenters. The molecular formula is C16H19N3O4S. The van der Waals surface area contributed by atoms with Gasteiger partial charge >= 0.3 is 0 Å². The first kappa shape index (κ1) is 18.1. The van der Waals surface area contributed by atoms with E-state index in [1.54, 1.807) is 30.3 Å². The van der Waals surface area contributed by atoms with Crippen molar-refractivity contribution in [3.8, 4) is 0 Å². The molecule has 0 radical (unpaired) electrons. The van der Waals surface area contributed by atoms with Gasteiger partial charge in [0.1, 0.15) is 0 Å². The van der Waals surface area contributed by atoms with Gasteiger partial charge in [-0.05, 0) is 31.7 Å². The molecule has 0 aliphatic heterocycles. The van der Waals surface area contributed by atoms with Crippen molar-refractivity contribution in [3.63, 3.8) is 0 Å². The second-order valence-corrected chi connectivity index (χ2v) is 7.16. The SMILES string of the molecule is CC(c1cccc(S(N)(=O)=O)c1)N(C)Cc1ccccc1[N+](=O)[O-]. The van der Waals surface area contributed by atoms with Gasteiger partial charge in [-0.15, -0.1) is 0 Å². The average molecular weight is 349 g/mol. The number of hydrogen-bond donors (Lipinski definition) is 1. The van der Waals surface area contributed by atoms with Crippen LogP contribution in [0.3, 0.4) is 0 Å². The molecule has 2 aromatic carbocycles. The predicted molar refractivity (Wildman–Crippen MR) is 90.8 cm³/mol. The van der Waals surface area contributed by atoms with Gasteiger partial charge in [-0.25, -0.2) is 13.6 Å². The van der Waals surface area contributed by atoms with E-state index < -0.39 is 14.9 Å². The van der Waals surface area contributed by atoms with Crippen LogP contribution in [-0.4, -0.2) is 25.3 Å². The molecule has 128 valence electrons. The number of sulfonamides is 1. The van der Waals surface area contributed by atoms with Gasteiger partial charge in [0.25, 0.3) is 5.69 Å². The molecule has 2 aromatic rings. The van der Waals surface area contributed by atoms with Crippen LogP contribution in [0.5, 0.6) is 0 Å². The van der Waals surface area contributed by atoms with Crippen LogP contribution in [0.2, 0.25) is 0 Å². The zero-order valence-electron chi connectivity index (χ0n) is 13.4. The van der Waals surface area contributed by atoms with Crippen LogP contribution < -0.4 is 5.14 Å². The van der Waals surface area contributed by atoms with E-state index in [1.807, 2.05) is 18.9 Å². The molecule has 1 unspecified atom stereocenters. The summed E-state index contributed by atoms with van der Waals surface area (Å²) >= 11 is 0. The normalized spacial score (nSPS) is 13.0. The number of rotatable bonds is 6. The highest BCUT2D eigenvalue weighted by Crippen LogP contribution is 2.25. The van der Waals surface area contributed by atoms with E-state index in [0.717, 1.165) is 5.56 Å². The van der Waals surface area contributed by atoms with Crippen molar-refractivity contribution in [2.24, 2.45) is 5.14 Å². The van der Waals surface area contributed by atoms with Gasteiger partial charge in [-0.3, -0.25) is 15.0 Å². The average Bonchev–Trinajstić information content (AvgIpc) is 2.53. The zero-order chi connectivity index (χ0) is 17.9. The Morgan fingerprint density at radius 3 is 2.50 bits per heavy atom. The third-order valence-electron chi connectivity index (χ3n) is 3.94. The van der Waals surface area contributed by atoms with Gasteiger partial charge in [0.2, 0.25) is 10.0 Å². The van der Waals surface area contributed by atoms with Crippen LogP contribution in [0.1, 0.15) is 24.1 Å². The summed E-state index contributed by atoms with van der Waals surface area (Å²) < 4.78 is 23.0. The molecule has 8 heteroatoms. The van der Waals surface area contributed by atoms with Crippen LogP contribution in [-0.2, 0) is 16.6 Å². The summed E-state index contributed by atoms with van der Waals surface area (Å²) in [6.07, 6.45) is 0. The molecule has 0 fully saturated rings. The van der Waals surface area contributed by atoms with Crippen LogP contribution >= 0.6 is 0 Å². The summed E-state index contributed by atoms with van der Waals surface area (Å²) in [7, 11) is -1.94. The van der Waals surface area contributed by atoms with Crippen molar-refractivity contribution < 1.29 is 13.3 Å². The highest BCUT2D eigenvalue weighted by atomic mass is 32.2. The van der Waals surface area contributed by atoms with Crippen LogP contribution in [0.15, 0.2) is 53.4 Å². The minimum atomic E-state index is -3.77. The third kappa shape index (κ3) is 4.16. The number of nitrogens with two attached hydrogens (primary N) is 1. The number of benzene rings is 2. The van der Waals surface area contributed by atoms with E-state index in [9.17, 15) is 18.5 Å². The minimum absolute atomic E-state index is 0.0472. The first-order chi connectivity index (χ1) is 11.2. The Bertz CT molecular complexity index is 852. The maximum Gasteiger partial charge on any atom is 0.273 e. The van der Waals surface area contributed by atoms with E-state index in [1.165, 1.54) is 18.2 Å². The Hall–Kier alpha value is -2.29. The molecule has 0 bridgehead atoms. The fourth-order valence-corrected chi connectivity index (χ4v) is 3.00. The summed E-state index contributed by atoms with van der Waals surface area (Å²) in [5.74, 6) is 0. The molecule has 0 saturated heterocycles. The smallest absolute Gasteiger partial charge is 0.273 e. The topological polar surface area (TPSA) is 107 Å². The van der Waals surface area contributed by atoms with Gasteiger partial charge < -0.3 is 0 Å². The number of nitrogens with zero attached hydrogens (tertiary/aromatic N) is 2. The summed E-state index contributed by atoms with van der Waals surface area (Å²) in [6.45, 7) is 2.26. The fourth-order valence-electron chi connectivity index (χ4n) is 2.43. The predicted octanol–water partition coefficient (Wildman–Crippen LogP) is 2.44. The standard InChI is InChI=1S/C16H19N3O4S/c1-12(13-7-5-8-15(10-13)24(17,22)23)18(2)11-14-6-3-4-9-16(14)19(20)21/h3-10,12H,11H2,1-2H3,(H2,17,22,23). The lowest BCUT2D eigenvalue weighted by molar-refractivity contribution is -0.385. The summed E-state index contributed by atoms with van der Waals surface area (Å²) in [5.41, 5.74) is 1.43. The first-order valence-electron chi connectivity index (χ1n) is 7.25. The lowest BCUT2D eigenvalue weighted by atomic mass is 10.1. The molecule has 0 saturated carbocycles. The molecule has 0 spiro atoms. The Balaban J connectivity index is 2.25. The maximum atomic E-state index is 11.5. The molecule has 0 aromatic heterocycles. The second-order valence-electron chi connectivity index (χ2n) is 5.59. The molecular weight excluding hydrogens is 330 g/mol. The number of hydrogen-bond acceptors (Lipinski definition) is 5. The molecule has 24 heavy (non-hydrogen) atoms. The summed E-state index contributed by atoms with van der Waals surface area (Å²) in [6, 6.07) is 12.8. The van der Waals surface area contributed by atoms with Gasteiger partial charge in [0.15, 0.2) is 0 Å². The zero-order valence-corrected chi connectivity index (χ0v) is 14.2. The quantitative estimate of drug-likeness (QED) is 0.637. The molecule has 0 heterocycles. The number of nitro benzene ring substituents is 1. The van der Waals surface area contributed by atoms with Crippen molar-refractivity contribution >= 4 is 15.7 Å². The second kappa shape index (κ2) is 7.08. The van der Waals surface area contributed by atoms with Crippen LogP contribution in [0.4, 0.5) is 5.69 Å². The number of para-hydroxylation sites is 1. The molecule has 0 aliphatic carbocycles. The Morgan fingerprint density at radius 2 is 1.88 bits per heavy atom. The van der Waals surface area contributed by atoms with E-state index in [4.69, 9.17) is 5.14 Å². The van der Waals surface area contributed by atoms with E-state index in [2.05, 4.69) is 0 Å². The van der Waals surface area contributed by atoms with Crippen molar-refractivity contribution in [1.29, 1.82) is 0 Å². The van der Waals surface area contributed by atoms with E-state index in [0.29, 0.717) is 12.1 Å². The lowest BCUT2D eigenvalue weighted by Gasteiger charge is -2.25. The molecule has 0 aliphatic rings. The minimum Gasteiger partial charge on any atom is -0.295 e. The third-order valence-corrected chi connectivity index (χ3v) is 4.85. The molecule has 2 rings (SSSR count). The van der Waals surface area contributed by atoms with E-state index >= 15 is 0 Å². The molecule has 0 amide bonds. The Morgan fingerprint density at radius 1 is 1.21 bits per heavy atom. The monoisotopic (exact) mass is 349 g/mol. The highest BCUT2D eigenvalue weighted by molar-refractivity contribution is 7.89. The highest BCUT2D eigenvalue weighted by Gasteiger charge is 2.19. The van der Waals surface area contributed by atoms with Gasteiger partial charge in [0.05, 0.1) is 9.82 Å². The molecule has 2 N–H and O–H groups in total. The number of nitro groups is 1. The number of primary sulfonamides is 1. The Labute approximate surface area is 140 Å². The summed E-state index contributed by atoms with van der Waals surface area (Å²) in [4.78, 5) is 12.7. The van der Waals surface area contributed by atoms with E-state index in [-0.39, 0.29) is 16.6 Å². The lowest BCUT2D eigenvalue weighted by Crippen LogP contribution is -2.23. The largest absolute Gasteiger partial charge is 0.295 e. The maximum absolute atomic E-state index is 11.5. The fraction of sp³-hybridized carbons (Fsp3) is 0.250. The van der Waals surface area contributed by atoms with Crippen LogP contribution in [0, 0.1) is 10.1 Å². The van der Waals surface area contributed by atoms with Crippen molar-refractivity contribution in [2.75, 3.05) is 7.05 Å². The van der Waals surface area contributed by atoms with Gasteiger partial charge in [-0.1, -0.05) is 30.3 Å². The molecule has 7 nitrogen and oxygen atoms in total. The van der Waals surface area contributed by atoms with Crippen LogP contribution in [0.25, 0.3) is 0 Å². The van der Waals surface area contributed by atoms with Gasteiger partial charge in [0, 0.05) is 24.2 Å². The first-order valence-corrected chi connectivity index (χ1v) is 8.80. The summed E-state index contributed by atoms with van der Waals surface area (Å²) in [5, 5.41) is 16.3. The van der Waals surface area contributed by atoms with Crippen molar-refractivity contribution in [1.82, 2.24) is 4.90 Å². The van der Waals surface area contributed by atoms with Gasteiger partial charge in [-0.2, -0.15) is 0 Å². The van der Waals surface area contributed by atoms with Crippen molar-refractivity contribution in [2.45, 2.75) is 24.4 Å².